The van der Waals surface area contributed by atoms with Crippen LogP contribution >= 0.6 is 0 Å². The molecule has 0 N–H and O–H groups in total. The average Bonchev–Trinajstić information content (AvgIpc) is 3.66. The zero-order valence-electron chi connectivity index (χ0n) is 26.7. The summed E-state index contributed by atoms with van der Waals surface area (Å²) in [5.74, 6) is 0.253. The number of ether oxygens (including phenoxy) is 3. The number of anilines is 3. The molecule has 1 spiro atoms. The summed E-state index contributed by atoms with van der Waals surface area (Å²) in [7, 11) is 1.65. The van der Waals surface area contributed by atoms with Gasteiger partial charge in [-0.1, -0.05) is 36.4 Å². The summed E-state index contributed by atoms with van der Waals surface area (Å²) in [6.45, 7) is 5.46. The van der Waals surface area contributed by atoms with E-state index in [4.69, 9.17) is 14.2 Å². The highest BCUT2D eigenvalue weighted by Gasteiger charge is 2.47. The van der Waals surface area contributed by atoms with Gasteiger partial charge >= 0.3 is 12.1 Å². The normalized spacial score (nSPS) is 21.1. The number of piperidine rings is 1. The Morgan fingerprint density at radius 1 is 1.00 bits per heavy atom. The van der Waals surface area contributed by atoms with Crippen molar-refractivity contribution < 1.29 is 28.2 Å². The average molecular weight is 628 g/mol. The maximum atomic E-state index is 14.6. The number of hydrogen-bond acceptors (Lipinski definition) is 7. The minimum absolute atomic E-state index is 0.0322. The van der Waals surface area contributed by atoms with Gasteiger partial charge in [-0.2, -0.15) is 0 Å². The molecule has 3 aromatic carbocycles. The molecule has 3 aliphatic heterocycles. The van der Waals surface area contributed by atoms with Crippen LogP contribution in [0.5, 0.6) is 5.75 Å². The number of carbonyl (C=O) groups excluding carboxylic acids is 2. The number of amides is 1. The van der Waals surface area contributed by atoms with Gasteiger partial charge in [0.15, 0.2) is 0 Å². The Morgan fingerprint density at radius 2 is 1.80 bits per heavy atom. The van der Waals surface area contributed by atoms with Crippen molar-refractivity contribution in [3.05, 3.63) is 83.2 Å². The number of methoxy groups -OCH3 is 1. The van der Waals surface area contributed by atoms with Crippen molar-refractivity contribution in [2.24, 2.45) is 0 Å². The first-order valence-electron chi connectivity index (χ1n) is 16.6. The van der Waals surface area contributed by atoms with Crippen molar-refractivity contribution in [1.29, 1.82) is 0 Å². The highest BCUT2D eigenvalue weighted by Crippen LogP contribution is 2.54. The first-order valence-corrected chi connectivity index (χ1v) is 16.6. The van der Waals surface area contributed by atoms with Crippen molar-refractivity contribution in [2.75, 3.05) is 54.6 Å². The molecule has 0 aromatic heterocycles. The van der Waals surface area contributed by atoms with E-state index in [2.05, 4.69) is 15.9 Å². The van der Waals surface area contributed by atoms with Crippen LogP contribution in [0, 0.1) is 5.82 Å². The van der Waals surface area contributed by atoms with E-state index in [1.54, 1.807) is 18.1 Å². The summed E-state index contributed by atoms with van der Waals surface area (Å²) in [5.41, 5.74) is 5.71. The van der Waals surface area contributed by atoms with Gasteiger partial charge in [0.2, 0.25) is 0 Å². The van der Waals surface area contributed by atoms with Crippen LogP contribution in [-0.2, 0) is 26.3 Å². The Kier molecular flexibility index (Phi) is 8.25. The van der Waals surface area contributed by atoms with E-state index in [-0.39, 0.29) is 41.9 Å². The number of esters is 1. The van der Waals surface area contributed by atoms with Gasteiger partial charge in [-0.25, -0.2) is 9.18 Å². The number of carbonyl (C=O) groups is 2. The van der Waals surface area contributed by atoms with Crippen molar-refractivity contribution in [2.45, 2.75) is 69.4 Å². The summed E-state index contributed by atoms with van der Waals surface area (Å²) < 4.78 is 31.6. The van der Waals surface area contributed by atoms with Crippen molar-refractivity contribution in [1.82, 2.24) is 0 Å². The van der Waals surface area contributed by atoms with Crippen molar-refractivity contribution >= 4 is 29.1 Å². The summed E-state index contributed by atoms with van der Waals surface area (Å²) >= 11 is 0. The number of halogens is 1. The lowest BCUT2D eigenvalue weighted by atomic mass is 9.73. The minimum Gasteiger partial charge on any atom is -0.494 e. The summed E-state index contributed by atoms with van der Waals surface area (Å²) in [6.07, 6.45) is 4.57. The van der Waals surface area contributed by atoms with Gasteiger partial charge in [0.25, 0.3) is 0 Å². The molecule has 46 heavy (non-hydrogen) atoms. The molecule has 1 amide bonds. The number of fused-ring (bicyclic) bond motifs is 5. The van der Waals surface area contributed by atoms with E-state index in [0.717, 1.165) is 85.5 Å². The van der Waals surface area contributed by atoms with Crippen LogP contribution in [0.25, 0.3) is 0 Å². The predicted molar refractivity (Wildman–Crippen MR) is 175 cm³/mol. The van der Waals surface area contributed by atoms with Gasteiger partial charge in [0.05, 0.1) is 25.8 Å². The van der Waals surface area contributed by atoms with E-state index in [9.17, 15) is 14.0 Å². The Hall–Kier alpha value is -4.27. The molecule has 0 unspecified atom stereocenters. The van der Waals surface area contributed by atoms with E-state index in [1.165, 1.54) is 6.07 Å². The first kappa shape index (κ1) is 30.4. The maximum Gasteiger partial charge on any atom is 0.414 e. The molecule has 3 heterocycles. The van der Waals surface area contributed by atoms with Gasteiger partial charge in [0, 0.05) is 44.0 Å². The molecule has 2 saturated heterocycles. The van der Waals surface area contributed by atoms with E-state index in [0.29, 0.717) is 25.3 Å². The second kappa shape index (κ2) is 12.5. The Balaban J connectivity index is 1.14. The standard InChI is InChI=1S/C37H42FN3O5/c1-3-45-34(42)18-26-22-37(31-19-27(38)11-12-30(26)31)13-16-39(17-14-37)29-20-32-35(33(21-29)44-2)41(23-28-10-7-15-40(28)32)36(43)46-24-25-8-5-4-6-9-25/h4-6,8-9,11-12,19-21,26,28H,3,7,10,13-18,22-24H2,1-2H3/t26-,28+/m1/s1. The fourth-order valence-corrected chi connectivity index (χ4v) is 8.32. The molecule has 4 aliphatic rings. The van der Waals surface area contributed by atoms with Crippen LogP contribution in [0.2, 0.25) is 0 Å². The number of rotatable bonds is 7. The lowest BCUT2D eigenvalue weighted by Crippen LogP contribution is -2.48. The summed E-state index contributed by atoms with van der Waals surface area (Å²) in [5, 5.41) is 0. The van der Waals surface area contributed by atoms with Crippen LogP contribution in [-0.4, -0.2) is 58.0 Å². The minimum atomic E-state index is -0.368. The van der Waals surface area contributed by atoms with Crippen LogP contribution in [0.3, 0.4) is 0 Å². The molecule has 0 saturated carbocycles. The predicted octanol–water partition coefficient (Wildman–Crippen LogP) is 6.94. The van der Waals surface area contributed by atoms with Crippen LogP contribution in [0.4, 0.5) is 26.2 Å². The third-order valence-electron chi connectivity index (χ3n) is 10.5. The molecule has 242 valence electrons. The third kappa shape index (κ3) is 5.54. The monoisotopic (exact) mass is 627 g/mol. The van der Waals surface area contributed by atoms with Crippen molar-refractivity contribution in [3.63, 3.8) is 0 Å². The summed E-state index contributed by atoms with van der Waals surface area (Å²) in [4.78, 5) is 32.5. The summed E-state index contributed by atoms with van der Waals surface area (Å²) in [6, 6.07) is 19.3. The molecule has 3 aromatic rings. The second-order valence-electron chi connectivity index (χ2n) is 13.1. The molecule has 2 atom stereocenters. The topological polar surface area (TPSA) is 71.5 Å². The molecule has 8 nitrogen and oxygen atoms in total. The lowest BCUT2D eigenvalue weighted by Gasteiger charge is -2.43. The molecule has 7 rings (SSSR count). The first-order chi connectivity index (χ1) is 22.4. The third-order valence-corrected chi connectivity index (χ3v) is 10.5. The lowest BCUT2D eigenvalue weighted by molar-refractivity contribution is -0.143. The number of nitrogens with zero attached hydrogens (tertiary/aromatic N) is 3. The fourth-order valence-electron chi connectivity index (χ4n) is 8.32. The molecular weight excluding hydrogens is 585 g/mol. The maximum absolute atomic E-state index is 14.6. The zero-order valence-corrected chi connectivity index (χ0v) is 26.7. The molecule has 0 radical (unpaired) electrons. The highest BCUT2D eigenvalue weighted by atomic mass is 19.1. The Bertz CT molecular complexity index is 1610. The quantitative estimate of drug-likeness (QED) is 0.263. The van der Waals surface area contributed by atoms with Gasteiger partial charge < -0.3 is 24.0 Å². The largest absolute Gasteiger partial charge is 0.494 e. The molecular formula is C37H42FN3O5. The van der Waals surface area contributed by atoms with Gasteiger partial charge in [-0.05, 0) is 85.3 Å². The van der Waals surface area contributed by atoms with Crippen molar-refractivity contribution in [3.8, 4) is 5.75 Å². The van der Waals surface area contributed by atoms with Gasteiger partial charge in [0.1, 0.15) is 23.9 Å². The second-order valence-corrected chi connectivity index (χ2v) is 13.1. The Morgan fingerprint density at radius 3 is 2.57 bits per heavy atom. The van der Waals surface area contributed by atoms with E-state index >= 15 is 0 Å². The SMILES string of the molecule is CCOC(=O)C[C@@H]1CC2(CCN(c3cc(OC)c4c(c3)N3CCC[C@H]3CN4C(=O)OCc3ccccc3)CC2)c2cc(F)ccc21. The van der Waals surface area contributed by atoms with Crippen LogP contribution in [0.15, 0.2) is 60.7 Å². The number of hydrogen-bond donors (Lipinski definition) is 0. The van der Waals surface area contributed by atoms with Gasteiger partial charge in [-0.3, -0.25) is 9.69 Å². The van der Waals surface area contributed by atoms with E-state index in [1.807, 2.05) is 49.4 Å². The molecule has 0 bridgehead atoms. The fraction of sp³-hybridized carbons (Fsp3) is 0.459. The van der Waals surface area contributed by atoms with Crippen LogP contribution in [0.1, 0.15) is 68.1 Å². The van der Waals surface area contributed by atoms with Crippen LogP contribution < -0.4 is 19.4 Å². The molecule has 1 aliphatic carbocycles. The molecule has 9 heteroatoms. The van der Waals surface area contributed by atoms with E-state index < -0.39 is 0 Å². The zero-order chi connectivity index (χ0) is 31.8. The smallest absolute Gasteiger partial charge is 0.414 e. The molecule has 2 fully saturated rings. The van der Waals surface area contributed by atoms with Gasteiger partial charge in [-0.15, -0.1) is 0 Å². The highest BCUT2D eigenvalue weighted by molar-refractivity contribution is 5.98. The number of benzene rings is 3. The Labute approximate surface area is 270 Å².